The molecule has 92 valence electrons. The molecule has 0 saturated carbocycles. The molecule has 0 aromatic carbocycles. The molecule has 1 aromatic heterocycles. The predicted octanol–water partition coefficient (Wildman–Crippen LogP) is 0.117. The number of nitrogens with two attached hydrogens (primary N) is 1. The first-order valence-corrected chi connectivity index (χ1v) is 5.28. The molecule has 0 unspecified atom stereocenters. The lowest BCUT2D eigenvalue weighted by atomic mass is 10.3. The summed E-state index contributed by atoms with van der Waals surface area (Å²) in [6.45, 7) is 3.91. The summed E-state index contributed by atoms with van der Waals surface area (Å²) in [7, 11) is 0. The molecular formula is C11H16N4O2. The monoisotopic (exact) mass is 236 g/mol. The summed E-state index contributed by atoms with van der Waals surface area (Å²) in [4.78, 5) is 26.1. The van der Waals surface area contributed by atoms with Crippen molar-refractivity contribution in [2.24, 2.45) is 5.73 Å². The van der Waals surface area contributed by atoms with Crippen molar-refractivity contribution in [2.45, 2.75) is 19.9 Å². The Morgan fingerprint density at radius 1 is 1.47 bits per heavy atom. The highest BCUT2D eigenvalue weighted by Crippen LogP contribution is 2.06. The van der Waals surface area contributed by atoms with E-state index in [0.717, 1.165) is 0 Å². The van der Waals surface area contributed by atoms with E-state index in [1.165, 1.54) is 12.3 Å². The molecule has 0 saturated heterocycles. The molecule has 6 nitrogen and oxygen atoms in total. The Morgan fingerprint density at radius 3 is 2.76 bits per heavy atom. The minimum absolute atomic E-state index is 0.0999. The van der Waals surface area contributed by atoms with Crippen LogP contribution in [0.15, 0.2) is 18.3 Å². The molecule has 1 heterocycles. The highest BCUT2D eigenvalue weighted by atomic mass is 16.2. The number of aromatic nitrogens is 1. The lowest BCUT2D eigenvalue weighted by molar-refractivity contribution is -0.119. The molecule has 0 radical (unpaired) electrons. The number of nitrogens with one attached hydrogen (secondary N) is 2. The minimum Gasteiger partial charge on any atom is -0.376 e. The fourth-order valence-electron chi connectivity index (χ4n) is 1.23. The molecule has 0 bridgehead atoms. The van der Waals surface area contributed by atoms with Gasteiger partial charge in [-0.25, -0.2) is 0 Å². The van der Waals surface area contributed by atoms with Gasteiger partial charge in [-0.3, -0.25) is 14.6 Å². The number of pyridine rings is 1. The molecule has 0 fully saturated rings. The van der Waals surface area contributed by atoms with Crippen LogP contribution in [0.4, 0.5) is 5.69 Å². The van der Waals surface area contributed by atoms with E-state index in [9.17, 15) is 9.59 Å². The molecule has 0 aliphatic heterocycles. The second-order valence-electron chi connectivity index (χ2n) is 3.87. The first-order chi connectivity index (χ1) is 7.99. The van der Waals surface area contributed by atoms with Crippen LogP contribution in [0.5, 0.6) is 0 Å². The first kappa shape index (κ1) is 13.0. The highest BCUT2D eigenvalue weighted by Gasteiger charge is 2.05. The van der Waals surface area contributed by atoms with Gasteiger partial charge in [0.05, 0.1) is 6.54 Å². The number of amides is 2. The molecule has 4 N–H and O–H groups in total. The summed E-state index contributed by atoms with van der Waals surface area (Å²) in [5.74, 6) is -0.710. The van der Waals surface area contributed by atoms with Crippen molar-refractivity contribution in [3.8, 4) is 0 Å². The van der Waals surface area contributed by atoms with E-state index in [0.29, 0.717) is 5.69 Å². The normalized spacial score (nSPS) is 10.1. The van der Waals surface area contributed by atoms with Gasteiger partial charge < -0.3 is 16.4 Å². The number of primary amides is 1. The quantitative estimate of drug-likeness (QED) is 0.676. The second-order valence-corrected chi connectivity index (χ2v) is 3.87. The van der Waals surface area contributed by atoms with Crippen LogP contribution in [-0.4, -0.2) is 29.4 Å². The summed E-state index contributed by atoms with van der Waals surface area (Å²) in [6, 6.07) is 3.27. The lowest BCUT2D eigenvalue weighted by Crippen LogP contribution is -2.34. The average Bonchev–Trinajstić information content (AvgIpc) is 2.26. The number of anilines is 1. The van der Waals surface area contributed by atoms with Gasteiger partial charge >= 0.3 is 0 Å². The van der Waals surface area contributed by atoms with Crippen molar-refractivity contribution in [1.82, 2.24) is 10.3 Å². The van der Waals surface area contributed by atoms with E-state index in [2.05, 4.69) is 15.6 Å². The molecule has 0 aliphatic rings. The maximum absolute atomic E-state index is 11.4. The summed E-state index contributed by atoms with van der Waals surface area (Å²) in [6.07, 6.45) is 1.46. The zero-order valence-electron chi connectivity index (χ0n) is 9.86. The van der Waals surface area contributed by atoms with Crippen molar-refractivity contribution in [3.63, 3.8) is 0 Å². The van der Waals surface area contributed by atoms with Crippen LogP contribution in [0.1, 0.15) is 24.3 Å². The Bertz CT molecular complexity index is 418. The van der Waals surface area contributed by atoms with Crippen molar-refractivity contribution in [1.29, 1.82) is 0 Å². The Kier molecular flexibility index (Phi) is 4.45. The summed E-state index contributed by atoms with van der Waals surface area (Å²) in [5, 5.41) is 5.63. The van der Waals surface area contributed by atoms with E-state index in [1.54, 1.807) is 6.07 Å². The minimum atomic E-state index is -0.597. The Balaban J connectivity index is 2.54. The molecule has 0 atom stereocenters. The van der Waals surface area contributed by atoms with Gasteiger partial charge in [0, 0.05) is 17.9 Å². The Labute approximate surface area is 99.6 Å². The fourth-order valence-corrected chi connectivity index (χ4v) is 1.23. The molecular weight excluding hydrogens is 220 g/mol. The Morgan fingerprint density at radius 2 is 2.18 bits per heavy atom. The standard InChI is InChI=1S/C11H16N4O2/c1-7(2)15-10(16)6-14-8-3-4-13-9(5-8)11(12)17/h3-5,7H,6H2,1-2H3,(H2,12,17)(H,13,14)(H,15,16). The van der Waals surface area contributed by atoms with Crippen LogP contribution in [0.2, 0.25) is 0 Å². The molecule has 17 heavy (non-hydrogen) atoms. The number of carbonyl (C=O) groups excluding carboxylic acids is 2. The molecule has 0 aliphatic carbocycles. The van der Waals surface area contributed by atoms with Crippen LogP contribution < -0.4 is 16.4 Å². The topological polar surface area (TPSA) is 97.1 Å². The summed E-state index contributed by atoms with van der Waals surface area (Å²) < 4.78 is 0. The van der Waals surface area contributed by atoms with Gasteiger partial charge in [0.1, 0.15) is 5.69 Å². The van der Waals surface area contributed by atoms with Crippen molar-refractivity contribution in [2.75, 3.05) is 11.9 Å². The third-order valence-electron chi connectivity index (χ3n) is 1.92. The van der Waals surface area contributed by atoms with E-state index >= 15 is 0 Å². The second kappa shape index (κ2) is 5.83. The maximum atomic E-state index is 11.4. The number of nitrogens with zero attached hydrogens (tertiary/aromatic N) is 1. The van der Waals surface area contributed by atoms with E-state index in [4.69, 9.17) is 5.73 Å². The van der Waals surface area contributed by atoms with Crippen LogP contribution in [0.25, 0.3) is 0 Å². The molecule has 1 aromatic rings. The Hall–Kier alpha value is -2.11. The smallest absolute Gasteiger partial charge is 0.267 e. The van der Waals surface area contributed by atoms with Crippen molar-refractivity contribution in [3.05, 3.63) is 24.0 Å². The van der Waals surface area contributed by atoms with Gasteiger partial charge in [0.15, 0.2) is 0 Å². The van der Waals surface area contributed by atoms with Crippen LogP contribution in [0, 0.1) is 0 Å². The SMILES string of the molecule is CC(C)NC(=O)CNc1ccnc(C(N)=O)c1. The lowest BCUT2D eigenvalue weighted by Gasteiger charge is -2.10. The van der Waals surface area contributed by atoms with Gasteiger partial charge in [-0.05, 0) is 26.0 Å². The van der Waals surface area contributed by atoms with Gasteiger partial charge in [0.2, 0.25) is 5.91 Å². The third-order valence-corrected chi connectivity index (χ3v) is 1.92. The van der Waals surface area contributed by atoms with Crippen molar-refractivity contribution >= 4 is 17.5 Å². The van der Waals surface area contributed by atoms with Gasteiger partial charge in [-0.15, -0.1) is 0 Å². The summed E-state index contributed by atoms with van der Waals surface area (Å²) in [5.41, 5.74) is 5.89. The van der Waals surface area contributed by atoms with Crippen LogP contribution in [-0.2, 0) is 4.79 Å². The average molecular weight is 236 g/mol. The van der Waals surface area contributed by atoms with E-state index < -0.39 is 5.91 Å². The number of rotatable bonds is 5. The fraction of sp³-hybridized carbons (Fsp3) is 0.364. The van der Waals surface area contributed by atoms with Crippen molar-refractivity contribution < 1.29 is 9.59 Å². The predicted molar refractivity (Wildman–Crippen MR) is 64.5 cm³/mol. The van der Waals surface area contributed by atoms with E-state index in [1.807, 2.05) is 13.8 Å². The number of hydrogen-bond donors (Lipinski definition) is 3. The summed E-state index contributed by atoms with van der Waals surface area (Å²) >= 11 is 0. The zero-order chi connectivity index (χ0) is 12.8. The molecule has 2 amide bonds. The number of hydrogen-bond acceptors (Lipinski definition) is 4. The van der Waals surface area contributed by atoms with Gasteiger partial charge in [0.25, 0.3) is 5.91 Å². The highest BCUT2D eigenvalue weighted by molar-refractivity contribution is 5.91. The molecule has 1 rings (SSSR count). The van der Waals surface area contributed by atoms with E-state index in [-0.39, 0.29) is 24.2 Å². The van der Waals surface area contributed by atoms with Crippen LogP contribution >= 0.6 is 0 Å². The largest absolute Gasteiger partial charge is 0.376 e. The first-order valence-electron chi connectivity index (χ1n) is 5.28. The zero-order valence-corrected chi connectivity index (χ0v) is 9.86. The molecule has 6 heteroatoms. The maximum Gasteiger partial charge on any atom is 0.267 e. The van der Waals surface area contributed by atoms with Gasteiger partial charge in [-0.1, -0.05) is 0 Å². The molecule has 0 spiro atoms. The van der Waals surface area contributed by atoms with Gasteiger partial charge in [-0.2, -0.15) is 0 Å². The number of carbonyl (C=O) groups is 2. The van der Waals surface area contributed by atoms with Crippen LogP contribution in [0.3, 0.4) is 0 Å². The third kappa shape index (κ3) is 4.50.